The molecule has 8 heteroatoms. The van der Waals surface area contributed by atoms with Gasteiger partial charge in [-0.25, -0.2) is 18.1 Å². The Morgan fingerprint density at radius 1 is 1.29 bits per heavy atom. The molecule has 3 rings (SSSR count). The molecule has 0 saturated heterocycles. The predicted octanol–water partition coefficient (Wildman–Crippen LogP) is 0.202. The van der Waals surface area contributed by atoms with Crippen LogP contribution in [-0.4, -0.2) is 45.7 Å². The van der Waals surface area contributed by atoms with Crippen LogP contribution in [0.2, 0.25) is 0 Å². The van der Waals surface area contributed by atoms with Crippen molar-refractivity contribution in [3.8, 4) is 0 Å². The average molecular weight is 314 g/mol. The molecule has 2 fully saturated rings. The molecule has 0 unspecified atom stereocenters. The second-order valence-electron chi connectivity index (χ2n) is 6.19. The molecule has 2 N–H and O–H groups in total. The van der Waals surface area contributed by atoms with E-state index in [1.807, 2.05) is 14.0 Å². The van der Waals surface area contributed by atoms with Crippen molar-refractivity contribution in [2.24, 2.45) is 7.05 Å². The molecule has 0 radical (unpaired) electrons. The van der Waals surface area contributed by atoms with Crippen LogP contribution >= 0.6 is 0 Å². The summed E-state index contributed by atoms with van der Waals surface area (Å²) in [6.45, 7) is 1.84. The van der Waals surface area contributed by atoms with Gasteiger partial charge in [0.25, 0.3) is 0 Å². The summed E-state index contributed by atoms with van der Waals surface area (Å²) in [5.41, 5.74) is 0. The summed E-state index contributed by atoms with van der Waals surface area (Å²) in [5.74, 6) is 1.72. The summed E-state index contributed by atoms with van der Waals surface area (Å²) < 4.78 is 28.6. The minimum absolute atomic E-state index is 0.131. The summed E-state index contributed by atoms with van der Waals surface area (Å²) in [7, 11) is -1.43. The number of hydrogen-bond donors (Lipinski definition) is 2. The number of aryl methyl sites for hydroxylation is 2. The molecule has 0 amide bonds. The molecular formula is C13H22N4O3S. The predicted molar refractivity (Wildman–Crippen MR) is 77.2 cm³/mol. The SMILES string of the molecule is Cc1nc([C@H]2CC[C@@H](O)[C@H](NS(=O)(=O)C3CC3)C2)n(C)n1. The van der Waals surface area contributed by atoms with Gasteiger partial charge < -0.3 is 5.11 Å². The number of aliphatic hydroxyl groups excluding tert-OH is 1. The van der Waals surface area contributed by atoms with Crippen LogP contribution in [-0.2, 0) is 17.1 Å². The number of sulfonamides is 1. The van der Waals surface area contributed by atoms with E-state index in [1.165, 1.54) is 0 Å². The van der Waals surface area contributed by atoms with Crippen LogP contribution in [0.4, 0.5) is 0 Å². The van der Waals surface area contributed by atoms with Gasteiger partial charge >= 0.3 is 0 Å². The largest absolute Gasteiger partial charge is 0.391 e. The van der Waals surface area contributed by atoms with Gasteiger partial charge in [-0.3, -0.25) is 4.68 Å². The molecule has 2 aliphatic carbocycles. The lowest BCUT2D eigenvalue weighted by Gasteiger charge is -2.33. The van der Waals surface area contributed by atoms with Crippen molar-refractivity contribution in [2.45, 2.75) is 62.3 Å². The van der Waals surface area contributed by atoms with E-state index in [0.29, 0.717) is 18.7 Å². The smallest absolute Gasteiger partial charge is 0.214 e. The Hall–Kier alpha value is -0.990. The van der Waals surface area contributed by atoms with Crippen LogP contribution in [0.25, 0.3) is 0 Å². The molecule has 0 spiro atoms. The second-order valence-corrected chi connectivity index (χ2v) is 8.18. The Morgan fingerprint density at radius 2 is 2.00 bits per heavy atom. The van der Waals surface area contributed by atoms with E-state index in [0.717, 1.165) is 25.1 Å². The Kier molecular flexibility index (Phi) is 3.79. The van der Waals surface area contributed by atoms with Gasteiger partial charge in [-0.15, -0.1) is 0 Å². The van der Waals surface area contributed by atoms with Gasteiger partial charge in [-0.05, 0) is 39.0 Å². The van der Waals surface area contributed by atoms with Crippen LogP contribution in [0.15, 0.2) is 0 Å². The Balaban J connectivity index is 1.74. The standard InChI is InChI=1S/C13H22N4O3S/c1-8-14-13(17(2)15-8)9-3-6-12(18)11(7-9)16-21(19,20)10-4-5-10/h9-12,16,18H,3-7H2,1-2H3/t9-,11+,12+/m0/s1. The molecule has 0 bridgehead atoms. The zero-order valence-corrected chi connectivity index (χ0v) is 13.2. The van der Waals surface area contributed by atoms with Gasteiger partial charge in [-0.1, -0.05) is 0 Å². The van der Waals surface area contributed by atoms with E-state index < -0.39 is 22.2 Å². The number of rotatable bonds is 4. The van der Waals surface area contributed by atoms with Crippen LogP contribution in [0.3, 0.4) is 0 Å². The van der Waals surface area contributed by atoms with Crippen molar-refractivity contribution in [3.05, 3.63) is 11.6 Å². The fraction of sp³-hybridized carbons (Fsp3) is 0.846. The average Bonchev–Trinajstić information content (AvgIpc) is 3.19. The molecule has 0 aromatic carbocycles. The molecule has 2 saturated carbocycles. The first-order valence-corrected chi connectivity index (χ1v) is 8.98. The third kappa shape index (κ3) is 3.12. The Bertz CT molecular complexity index is 623. The maximum atomic E-state index is 12.1. The van der Waals surface area contributed by atoms with E-state index in [2.05, 4.69) is 14.8 Å². The van der Waals surface area contributed by atoms with Crippen molar-refractivity contribution >= 4 is 10.0 Å². The van der Waals surface area contributed by atoms with Crippen molar-refractivity contribution in [3.63, 3.8) is 0 Å². The van der Waals surface area contributed by atoms with Gasteiger partial charge in [0.15, 0.2) is 0 Å². The fourth-order valence-electron chi connectivity index (χ4n) is 3.09. The third-order valence-corrected chi connectivity index (χ3v) is 6.34. The first-order chi connectivity index (χ1) is 9.87. The van der Waals surface area contributed by atoms with Gasteiger partial charge in [0.2, 0.25) is 10.0 Å². The monoisotopic (exact) mass is 314 g/mol. The number of nitrogens with one attached hydrogen (secondary N) is 1. The van der Waals surface area contributed by atoms with Crippen molar-refractivity contribution in [1.29, 1.82) is 0 Å². The van der Waals surface area contributed by atoms with Crippen LogP contribution in [0, 0.1) is 6.92 Å². The highest BCUT2D eigenvalue weighted by atomic mass is 32.2. The van der Waals surface area contributed by atoms with E-state index in [1.54, 1.807) is 4.68 Å². The van der Waals surface area contributed by atoms with E-state index in [-0.39, 0.29) is 11.2 Å². The van der Waals surface area contributed by atoms with Gasteiger partial charge in [0.05, 0.1) is 11.4 Å². The zero-order chi connectivity index (χ0) is 15.2. The maximum absolute atomic E-state index is 12.1. The first kappa shape index (κ1) is 14.9. The highest BCUT2D eigenvalue weighted by molar-refractivity contribution is 7.90. The summed E-state index contributed by atoms with van der Waals surface area (Å²) in [6.07, 6.45) is 2.78. The molecule has 0 aliphatic heterocycles. The molecule has 7 nitrogen and oxygen atoms in total. The molecule has 1 aromatic heterocycles. The number of aromatic nitrogens is 3. The molecule has 1 heterocycles. The molecule has 1 aromatic rings. The molecule has 2 aliphatic rings. The van der Waals surface area contributed by atoms with Gasteiger partial charge in [-0.2, -0.15) is 5.10 Å². The Morgan fingerprint density at radius 3 is 2.57 bits per heavy atom. The van der Waals surface area contributed by atoms with Crippen molar-refractivity contribution in [1.82, 2.24) is 19.5 Å². The maximum Gasteiger partial charge on any atom is 0.214 e. The lowest BCUT2D eigenvalue weighted by Crippen LogP contribution is -2.47. The van der Waals surface area contributed by atoms with E-state index >= 15 is 0 Å². The van der Waals surface area contributed by atoms with Crippen molar-refractivity contribution < 1.29 is 13.5 Å². The number of nitrogens with zero attached hydrogens (tertiary/aromatic N) is 3. The summed E-state index contributed by atoms with van der Waals surface area (Å²) in [6, 6.07) is -0.425. The number of aliphatic hydroxyl groups is 1. The quantitative estimate of drug-likeness (QED) is 0.827. The number of hydrogen-bond acceptors (Lipinski definition) is 5. The fourth-order valence-corrected chi connectivity index (χ4v) is 4.71. The zero-order valence-electron chi connectivity index (χ0n) is 12.4. The van der Waals surface area contributed by atoms with Crippen LogP contribution in [0.1, 0.15) is 49.7 Å². The first-order valence-electron chi connectivity index (χ1n) is 7.43. The van der Waals surface area contributed by atoms with E-state index in [4.69, 9.17) is 0 Å². The Labute approximate surface area is 124 Å². The molecular weight excluding hydrogens is 292 g/mol. The summed E-state index contributed by atoms with van der Waals surface area (Å²) in [5, 5.41) is 14.1. The molecule has 118 valence electrons. The normalized spacial score (nSPS) is 30.5. The molecule has 21 heavy (non-hydrogen) atoms. The lowest BCUT2D eigenvalue weighted by molar-refractivity contribution is 0.0915. The highest BCUT2D eigenvalue weighted by Gasteiger charge is 2.40. The van der Waals surface area contributed by atoms with Gasteiger partial charge in [0, 0.05) is 19.0 Å². The summed E-state index contributed by atoms with van der Waals surface area (Å²) in [4.78, 5) is 4.43. The second kappa shape index (κ2) is 5.33. The summed E-state index contributed by atoms with van der Waals surface area (Å²) >= 11 is 0. The third-order valence-electron chi connectivity index (χ3n) is 4.36. The van der Waals surface area contributed by atoms with Crippen LogP contribution in [0.5, 0.6) is 0 Å². The van der Waals surface area contributed by atoms with Crippen LogP contribution < -0.4 is 4.72 Å². The minimum Gasteiger partial charge on any atom is -0.391 e. The minimum atomic E-state index is -3.28. The topological polar surface area (TPSA) is 97.1 Å². The lowest BCUT2D eigenvalue weighted by atomic mass is 9.83. The van der Waals surface area contributed by atoms with E-state index in [9.17, 15) is 13.5 Å². The van der Waals surface area contributed by atoms with Gasteiger partial charge in [0.1, 0.15) is 11.6 Å². The highest BCUT2D eigenvalue weighted by Crippen LogP contribution is 2.34. The molecule has 3 atom stereocenters. The van der Waals surface area contributed by atoms with Crippen molar-refractivity contribution in [2.75, 3.05) is 0 Å².